The maximum absolute atomic E-state index is 4.68. The summed E-state index contributed by atoms with van der Waals surface area (Å²) in [4.78, 5) is 15.8. The van der Waals surface area contributed by atoms with E-state index >= 15 is 0 Å². The van der Waals surface area contributed by atoms with Gasteiger partial charge < -0.3 is 5.32 Å². The van der Waals surface area contributed by atoms with Gasteiger partial charge in [0.05, 0.1) is 12.2 Å². The van der Waals surface area contributed by atoms with Crippen LogP contribution in [-0.4, -0.2) is 46.0 Å². The number of pyridine rings is 1. The van der Waals surface area contributed by atoms with Gasteiger partial charge in [-0.1, -0.05) is 0 Å². The molecular weight excluding hydrogens is 250 g/mol. The predicted molar refractivity (Wildman–Crippen MR) is 78.1 cm³/mol. The van der Waals surface area contributed by atoms with Crippen LogP contribution in [0.3, 0.4) is 0 Å². The summed E-state index contributed by atoms with van der Waals surface area (Å²) in [5.41, 5.74) is 3.00. The summed E-state index contributed by atoms with van der Waals surface area (Å²) in [5.74, 6) is 0.894. The van der Waals surface area contributed by atoms with Gasteiger partial charge in [0.1, 0.15) is 5.82 Å². The largest absolute Gasteiger partial charge is 0.314 e. The summed E-state index contributed by atoms with van der Waals surface area (Å²) in [7, 11) is 0. The number of aryl methyl sites for hydroxylation is 1. The molecular formula is C15H19N5. The number of hydrogen-bond donors (Lipinski definition) is 1. The SMILES string of the molecule is Cc1cc(-c2cccnc2)nc(CN2CCNCC2)n1. The zero-order valence-corrected chi connectivity index (χ0v) is 11.7. The van der Waals surface area contributed by atoms with Crippen LogP contribution >= 0.6 is 0 Å². The first-order valence-corrected chi connectivity index (χ1v) is 6.99. The Labute approximate surface area is 119 Å². The average molecular weight is 269 g/mol. The highest BCUT2D eigenvalue weighted by atomic mass is 15.2. The van der Waals surface area contributed by atoms with Gasteiger partial charge in [-0.2, -0.15) is 0 Å². The lowest BCUT2D eigenvalue weighted by atomic mass is 10.2. The Hall–Kier alpha value is -1.85. The van der Waals surface area contributed by atoms with Gasteiger partial charge in [0.2, 0.25) is 0 Å². The molecule has 0 aromatic carbocycles. The van der Waals surface area contributed by atoms with Gasteiger partial charge in [-0.15, -0.1) is 0 Å². The molecule has 20 heavy (non-hydrogen) atoms. The zero-order valence-electron chi connectivity index (χ0n) is 11.7. The molecule has 0 bridgehead atoms. The molecule has 104 valence electrons. The van der Waals surface area contributed by atoms with Crippen LogP contribution in [0.4, 0.5) is 0 Å². The molecule has 2 aromatic heterocycles. The van der Waals surface area contributed by atoms with E-state index in [1.54, 1.807) is 6.20 Å². The summed E-state index contributed by atoms with van der Waals surface area (Å²) < 4.78 is 0. The highest BCUT2D eigenvalue weighted by Gasteiger charge is 2.12. The summed E-state index contributed by atoms with van der Waals surface area (Å²) in [6, 6.07) is 5.98. The minimum Gasteiger partial charge on any atom is -0.314 e. The van der Waals surface area contributed by atoms with Crippen molar-refractivity contribution in [3.8, 4) is 11.3 Å². The van der Waals surface area contributed by atoms with Gasteiger partial charge in [0.15, 0.2) is 0 Å². The third-order valence-electron chi connectivity index (χ3n) is 3.43. The number of hydrogen-bond acceptors (Lipinski definition) is 5. The second kappa shape index (κ2) is 6.07. The van der Waals surface area contributed by atoms with E-state index in [2.05, 4.69) is 25.2 Å². The van der Waals surface area contributed by atoms with Crippen LogP contribution < -0.4 is 5.32 Å². The van der Waals surface area contributed by atoms with Gasteiger partial charge in [-0.05, 0) is 25.1 Å². The smallest absolute Gasteiger partial charge is 0.143 e. The zero-order chi connectivity index (χ0) is 13.8. The van der Waals surface area contributed by atoms with Crippen LogP contribution in [0.2, 0.25) is 0 Å². The molecule has 1 N–H and O–H groups in total. The van der Waals surface area contributed by atoms with E-state index in [1.165, 1.54) is 0 Å². The molecule has 0 amide bonds. The first kappa shape index (κ1) is 13.1. The minimum atomic E-state index is 0.816. The molecule has 3 rings (SSSR count). The molecule has 1 fully saturated rings. The van der Waals surface area contributed by atoms with Crippen molar-refractivity contribution in [1.82, 2.24) is 25.2 Å². The normalized spacial score (nSPS) is 16.2. The van der Waals surface area contributed by atoms with E-state index in [4.69, 9.17) is 0 Å². The van der Waals surface area contributed by atoms with Crippen molar-refractivity contribution in [1.29, 1.82) is 0 Å². The molecule has 0 atom stereocenters. The van der Waals surface area contributed by atoms with Crippen LogP contribution in [0.15, 0.2) is 30.6 Å². The minimum absolute atomic E-state index is 0.816. The molecule has 0 unspecified atom stereocenters. The Balaban J connectivity index is 1.83. The van der Waals surface area contributed by atoms with E-state index in [1.807, 2.05) is 31.3 Å². The fourth-order valence-corrected chi connectivity index (χ4v) is 2.43. The summed E-state index contributed by atoms with van der Waals surface area (Å²) in [5, 5.41) is 3.36. The van der Waals surface area contributed by atoms with Crippen molar-refractivity contribution in [3.05, 3.63) is 42.1 Å². The number of nitrogens with zero attached hydrogens (tertiary/aromatic N) is 4. The van der Waals surface area contributed by atoms with Crippen LogP contribution in [0.25, 0.3) is 11.3 Å². The van der Waals surface area contributed by atoms with Crippen molar-refractivity contribution in [2.75, 3.05) is 26.2 Å². The molecule has 1 aliphatic rings. The first-order chi connectivity index (χ1) is 9.81. The third kappa shape index (κ3) is 3.18. The maximum atomic E-state index is 4.68. The molecule has 1 aliphatic heterocycles. The first-order valence-electron chi connectivity index (χ1n) is 6.99. The molecule has 0 radical (unpaired) electrons. The van der Waals surface area contributed by atoms with Gasteiger partial charge in [0.25, 0.3) is 0 Å². The van der Waals surface area contributed by atoms with Crippen molar-refractivity contribution < 1.29 is 0 Å². The maximum Gasteiger partial charge on any atom is 0.143 e. The van der Waals surface area contributed by atoms with E-state index in [9.17, 15) is 0 Å². The van der Waals surface area contributed by atoms with Gasteiger partial charge in [-0.25, -0.2) is 9.97 Å². The van der Waals surface area contributed by atoms with E-state index in [0.717, 1.165) is 55.5 Å². The molecule has 5 nitrogen and oxygen atoms in total. The van der Waals surface area contributed by atoms with Crippen LogP contribution in [0.5, 0.6) is 0 Å². The van der Waals surface area contributed by atoms with E-state index in [-0.39, 0.29) is 0 Å². The Kier molecular flexibility index (Phi) is 3.99. The Morgan fingerprint density at radius 1 is 1.25 bits per heavy atom. The fraction of sp³-hybridized carbons (Fsp3) is 0.400. The standard InChI is InChI=1S/C15H19N5/c1-12-9-14(13-3-2-4-17-10-13)19-15(18-12)11-20-7-5-16-6-8-20/h2-4,9-10,16H,5-8,11H2,1H3. The highest BCUT2D eigenvalue weighted by molar-refractivity contribution is 5.57. The van der Waals surface area contributed by atoms with Crippen molar-refractivity contribution in [2.45, 2.75) is 13.5 Å². The topological polar surface area (TPSA) is 53.9 Å². The summed E-state index contributed by atoms with van der Waals surface area (Å²) in [6.07, 6.45) is 3.62. The van der Waals surface area contributed by atoms with Crippen molar-refractivity contribution in [2.24, 2.45) is 0 Å². The second-order valence-electron chi connectivity index (χ2n) is 5.08. The van der Waals surface area contributed by atoms with Crippen LogP contribution in [-0.2, 0) is 6.54 Å². The molecule has 3 heterocycles. The number of aromatic nitrogens is 3. The monoisotopic (exact) mass is 269 g/mol. The molecule has 5 heteroatoms. The summed E-state index contributed by atoms with van der Waals surface area (Å²) >= 11 is 0. The predicted octanol–water partition coefficient (Wildman–Crippen LogP) is 1.25. The van der Waals surface area contributed by atoms with Gasteiger partial charge in [-0.3, -0.25) is 9.88 Å². The molecule has 0 saturated carbocycles. The molecule has 1 saturated heterocycles. The summed E-state index contributed by atoms with van der Waals surface area (Å²) in [6.45, 7) is 7.03. The van der Waals surface area contributed by atoms with E-state index < -0.39 is 0 Å². The van der Waals surface area contributed by atoms with Gasteiger partial charge >= 0.3 is 0 Å². The van der Waals surface area contributed by atoms with Crippen LogP contribution in [0.1, 0.15) is 11.5 Å². The Morgan fingerprint density at radius 2 is 2.10 bits per heavy atom. The lowest BCUT2D eigenvalue weighted by molar-refractivity contribution is 0.228. The number of nitrogens with one attached hydrogen (secondary N) is 1. The van der Waals surface area contributed by atoms with E-state index in [0.29, 0.717) is 0 Å². The Bertz CT molecular complexity index is 564. The average Bonchev–Trinajstić information content (AvgIpc) is 2.49. The number of rotatable bonds is 3. The molecule has 0 aliphatic carbocycles. The third-order valence-corrected chi connectivity index (χ3v) is 3.43. The lowest BCUT2D eigenvalue weighted by Gasteiger charge is -2.26. The lowest BCUT2D eigenvalue weighted by Crippen LogP contribution is -2.43. The molecule has 2 aromatic rings. The van der Waals surface area contributed by atoms with Crippen molar-refractivity contribution >= 4 is 0 Å². The van der Waals surface area contributed by atoms with Crippen molar-refractivity contribution in [3.63, 3.8) is 0 Å². The van der Waals surface area contributed by atoms with Crippen LogP contribution in [0, 0.1) is 6.92 Å². The van der Waals surface area contributed by atoms with Gasteiger partial charge in [0, 0.05) is 49.8 Å². The quantitative estimate of drug-likeness (QED) is 0.909. The Morgan fingerprint density at radius 3 is 2.85 bits per heavy atom. The molecule has 0 spiro atoms. The second-order valence-corrected chi connectivity index (χ2v) is 5.08. The highest BCUT2D eigenvalue weighted by Crippen LogP contribution is 2.16. The number of piperazine rings is 1. The fourth-order valence-electron chi connectivity index (χ4n) is 2.43.